The predicted molar refractivity (Wildman–Crippen MR) is 67.6 cm³/mol. The zero-order valence-corrected chi connectivity index (χ0v) is 14.3. The smallest absolute Gasteiger partial charge is 0.508 e. The third kappa shape index (κ3) is 5.30. The van der Waals surface area contributed by atoms with E-state index < -0.39 is 24.0 Å². The van der Waals surface area contributed by atoms with Gasteiger partial charge in [0.15, 0.2) is 11.6 Å². The summed E-state index contributed by atoms with van der Waals surface area (Å²) in [5.74, 6) is -1.25. The number of phenols is 1. The van der Waals surface area contributed by atoms with Crippen molar-refractivity contribution in [1.82, 2.24) is 0 Å². The number of hydrogen-bond acceptors (Lipinski definition) is 2. The standard InChI is InChI=1S/C13H10BF4O2.K/c15-12-6-3-10(14(16,17)18)7-13(12)20-8-9-1-4-11(19)5-2-9;/h1-7,19H,8H2;/q-1;+1. The Balaban J connectivity index is 0.00000220. The van der Waals surface area contributed by atoms with Crippen molar-refractivity contribution in [3.63, 3.8) is 0 Å². The average Bonchev–Trinajstić information content (AvgIpc) is 2.38. The molecule has 0 bridgehead atoms. The van der Waals surface area contributed by atoms with E-state index in [0.29, 0.717) is 17.7 Å². The molecule has 2 nitrogen and oxygen atoms in total. The fourth-order valence-corrected chi connectivity index (χ4v) is 1.59. The molecule has 0 fully saturated rings. The number of phenolic OH excluding ortho intramolecular Hbond substituents is 1. The third-order valence-electron chi connectivity index (χ3n) is 2.66. The fourth-order valence-electron chi connectivity index (χ4n) is 1.59. The van der Waals surface area contributed by atoms with Gasteiger partial charge in [-0.3, -0.25) is 0 Å². The van der Waals surface area contributed by atoms with Crippen LogP contribution >= 0.6 is 0 Å². The van der Waals surface area contributed by atoms with Crippen LogP contribution in [0.15, 0.2) is 42.5 Å². The molecule has 106 valence electrons. The number of aromatic hydroxyl groups is 1. The van der Waals surface area contributed by atoms with Crippen LogP contribution in [0, 0.1) is 5.82 Å². The maximum atomic E-state index is 13.4. The quantitative estimate of drug-likeness (QED) is 0.642. The first-order valence-electron chi connectivity index (χ1n) is 5.76. The molecule has 0 aliphatic carbocycles. The van der Waals surface area contributed by atoms with E-state index in [9.17, 15) is 17.3 Å². The molecule has 0 aliphatic rings. The van der Waals surface area contributed by atoms with Crippen LogP contribution in [0.5, 0.6) is 11.5 Å². The van der Waals surface area contributed by atoms with Gasteiger partial charge in [0.2, 0.25) is 0 Å². The monoisotopic (exact) mass is 324 g/mol. The van der Waals surface area contributed by atoms with E-state index in [-0.39, 0.29) is 63.7 Å². The van der Waals surface area contributed by atoms with Crippen molar-refractivity contribution in [2.45, 2.75) is 6.61 Å². The van der Waals surface area contributed by atoms with Crippen LogP contribution in [0.4, 0.5) is 17.3 Å². The first-order chi connectivity index (χ1) is 9.36. The second kappa shape index (κ2) is 7.64. The second-order valence-electron chi connectivity index (χ2n) is 4.22. The average molecular weight is 324 g/mol. The summed E-state index contributed by atoms with van der Waals surface area (Å²) in [6.45, 7) is -5.29. The Morgan fingerprint density at radius 3 is 2.19 bits per heavy atom. The fraction of sp³-hybridized carbons (Fsp3) is 0.0769. The van der Waals surface area contributed by atoms with E-state index in [1.165, 1.54) is 24.3 Å². The topological polar surface area (TPSA) is 29.5 Å². The molecular formula is C13H10BF4KO2. The number of hydrogen-bond donors (Lipinski definition) is 1. The van der Waals surface area contributed by atoms with Crippen LogP contribution in [0.2, 0.25) is 0 Å². The van der Waals surface area contributed by atoms with Crippen molar-refractivity contribution in [3.8, 4) is 11.5 Å². The molecule has 0 radical (unpaired) electrons. The summed E-state index contributed by atoms with van der Waals surface area (Å²) in [7, 11) is 0. The van der Waals surface area contributed by atoms with Crippen molar-refractivity contribution in [1.29, 1.82) is 0 Å². The summed E-state index contributed by atoms with van der Waals surface area (Å²) in [4.78, 5) is 0. The summed E-state index contributed by atoms with van der Waals surface area (Å²) in [5.41, 5.74) is -0.308. The molecule has 0 atom stereocenters. The summed E-state index contributed by atoms with van der Waals surface area (Å²) in [6, 6.07) is 7.94. The molecule has 0 spiro atoms. The Kier molecular flexibility index (Phi) is 6.74. The summed E-state index contributed by atoms with van der Waals surface area (Å²) >= 11 is 0. The van der Waals surface area contributed by atoms with Crippen LogP contribution in [0.25, 0.3) is 0 Å². The number of ether oxygens (including phenoxy) is 1. The van der Waals surface area contributed by atoms with Gasteiger partial charge < -0.3 is 22.8 Å². The van der Waals surface area contributed by atoms with Gasteiger partial charge >= 0.3 is 58.4 Å². The molecule has 0 amide bonds. The number of benzene rings is 2. The molecule has 0 aliphatic heterocycles. The van der Waals surface area contributed by atoms with Crippen molar-refractivity contribution in [3.05, 3.63) is 53.8 Å². The predicted octanol–water partition coefficient (Wildman–Crippen LogP) is 0.169. The molecule has 0 heterocycles. The van der Waals surface area contributed by atoms with Gasteiger partial charge in [0.25, 0.3) is 0 Å². The van der Waals surface area contributed by atoms with Gasteiger partial charge in [-0.2, -0.15) is 0 Å². The Hall–Kier alpha value is -0.539. The molecule has 2 aromatic rings. The van der Waals surface area contributed by atoms with Crippen molar-refractivity contribution < 1.29 is 78.6 Å². The Labute approximate surface area is 161 Å². The molecule has 1 N–H and O–H groups in total. The van der Waals surface area contributed by atoms with Crippen molar-refractivity contribution >= 4 is 12.4 Å². The minimum atomic E-state index is -5.20. The molecule has 21 heavy (non-hydrogen) atoms. The molecule has 0 aromatic heterocycles. The van der Waals surface area contributed by atoms with Gasteiger partial charge in [-0.15, -0.1) is 5.46 Å². The second-order valence-corrected chi connectivity index (χ2v) is 4.22. The van der Waals surface area contributed by atoms with Gasteiger partial charge in [-0.05, 0) is 29.8 Å². The summed E-state index contributed by atoms with van der Waals surface area (Å²) in [5, 5.41) is 9.09. The van der Waals surface area contributed by atoms with Gasteiger partial charge in [-0.25, -0.2) is 4.39 Å². The molecule has 2 aromatic carbocycles. The van der Waals surface area contributed by atoms with Crippen LogP contribution in [-0.2, 0) is 6.61 Å². The first-order valence-corrected chi connectivity index (χ1v) is 5.76. The first kappa shape index (κ1) is 18.5. The van der Waals surface area contributed by atoms with Gasteiger partial charge in [0.05, 0.1) is 0 Å². The van der Waals surface area contributed by atoms with E-state index >= 15 is 0 Å². The SMILES string of the molecule is Oc1ccc(COc2cc([B-](F)(F)F)ccc2F)cc1.[K+]. The van der Waals surface area contributed by atoms with Crippen LogP contribution in [0.3, 0.4) is 0 Å². The normalized spacial score (nSPS) is 10.9. The molecule has 0 saturated heterocycles. The zero-order chi connectivity index (χ0) is 14.8. The van der Waals surface area contributed by atoms with Gasteiger partial charge in [0.1, 0.15) is 12.4 Å². The van der Waals surface area contributed by atoms with Crippen LogP contribution < -0.4 is 61.6 Å². The van der Waals surface area contributed by atoms with E-state index in [1.54, 1.807) is 0 Å². The van der Waals surface area contributed by atoms with E-state index in [2.05, 4.69) is 0 Å². The Morgan fingerprint density at radius 2 is 1.62 bits per heavy atom. The van der Waals surface area contributed by atoms with E-state index in [0.717, 1.165) is 6.07 Å². The summed E-state index contributed by atoms with van der Waals surface area (Å²) < 4.78 is 56.1. The minimum Gasteiger partial charge on any atom is -0.508 e. The third-order valence-corrected chi connectivity index (χ3v) is 2.66. The molecule has 0 unspecified atom stereocenters. The van der Waals surface area contributed by atoms with Gasteiger partial charge in [-0.1, -0.05) is 18.2 Å². The maximum Gasteiger partial charge on any atom is 1.00 e. The largest absolute Gasteiger partial charge is 1.00 e. The van der Waals surface area contributed by atoms with E-state index in [1.807, 2.05) is 0 Å². The summed E-state index contributed by atoms with van der Waals surface area (Å²) in [6.07, 6.45) is 0. The molecule has 2 rings (SSSR count). The Morgan fingerprint density at radius 1 is 1.00 bits per heavy atom. The Bertz CT molecular complexity index is 602. The number of rotatable bonds is 4. The number of halogens is 4. The van der Waals surface area contributed by atoms with E-state index in [4.69, 9.17) is 9.84 Å². The maximum absolute atomic E-state index is 13.4. The van der Waals surface area contributed by atoms with Crippen LogP contribution in [0.1, 0.15) is 5.56 Å². The van der Waals surface area contributed by atoms with Crippen LogP contribution in [-0.4, -0.2) is 12.1 Å². The van der Waals surface area contributed by atoms with Crippen molar-refractivity contribution in [2.75, 3.05) is 0 Å². The molecular weight excluding hydrogens is 314 g/mol. The molecule has 0 saturated carbocycles. The minimum absolute atomic E-state index is 0. The molecule has 8 heteroatoms. The van der Waals surface area contributed by atoms with Crippen molar-refractivity contribution in [2.24, 2.45) is 0 Å². The van der Waals surface area contributed by atoms with Gasteiger partial charge in [0, 0.05) is 0 Å². The zero-order valence-electron chi connectivity index (χ0n) is 11.2.